The number of unbranched alkanes of at least 4 members (excludes halogenated alkanes) is 6. The molecule has 0 unspecified atom stereocenters. The van der Waals surface area contributed by atoms with Crippen molar-refractivity contribution in [3.63, 3.8) is 0 Å². The van der Waals surface area contributed by atoms with E-state index < -0.39 is 0 Å². The minimum Gasteiger partial charge on any atom is -0.469 e. The fourth-order valence-corrected chi connectivity index (χ4v) is 2.20. The molecule has 0 aromatic rings. The van der Waals surface area contributed by atoms with Gasteiger partial charge in [-0.2, -0.15) is 0 Å². The van der Waals surface area contributed by atoms with Gasteiger partial charge in [-0.05, 0) is 26.7 Å². The third kappa shape index (κ3) is 8.94. The number of carbonyl (C=O) groups excluding carboxylic acids is 2. The number of carbonyl (C=O) groups is 2. The van der Waals surface area contributed by atoms with E-state index in [1.54, 1.807) is 0 Å². The highest BCUT2D eigenvalue weighted by Crippen LogP contribution is 2.25. The van der Waals surface area contributed by atoms with Gasteiger partial charge in [0, 0.05) is 6.42 Å². The van der Waals surface area contributed by atoms with Gasteiger partial charge in [0.1, 0.15) is 0 Å². The van der Waals surface area contributed by atoms with Gasteiger partial charge >= 0.3 is 11.9 Å². The second kappa shape index (κ2) is 10.7. The van der Waals surface area contributed by atoms with Crippen LogP contribution in [0.4, 0.5) is 0 Å². The van der Waals surface area contributed by atoms with Crippen LogP contribution in [-0.2, 0) is 19.1 Å². The first-order chi connectivity index (χ1) is 9.44. The normalized spacial score (nSPS) is 11.2. The van der Waals surface area contributed by atoms with Crippen LogP contribution in [0.2, 0.25) is 0 Å². The topological polar surface area (TPSA) is 52.6 Å². The van der Waals surface area contributed by atoms with E-state index in [0.29, 0.717) is 6.42 Å². The molecule has 0 saturated heterocycles. The molecule has 0 aliphatic rings. The summed E-state index contributed by atoms with van der Waals surface area (Å²) >= 11 is 0. The van der Waals surface area contributed by atoms with Crippen molar-refractivity contribution in [2.45, 2.75) is 71.6 Å². The maximum absolute atomic E-state index is 11.5. The van der Waals surface area contributed by atoms with Gasteiger partial charge in [0.15, 0.2) is 0 Å². The van der Waals surface area contributed by atoms with Crippen LogP contribution in [0.1, 0.15) is 71.6 Å². The molecule has 0 N–H and O–H groups in total. The molecule has 0 bridgehead atoms. The molecular formula is C16H30O4. The zero-order valence-electron chi connectivity index (χ0n) is 13.5. The summed E-state index contributed by atoms with van der Waals surface area (Å²) in [5.74, 6) is -0.240. The standard InChI is InChI=1S/C16H30O4/c1-16(2,15(18)20-4)13-11-9-7-5-6-8-10-12-14(17)19-3/h5-13H2,1-4H3. The fraction of sp³-hybridized carbons (Fsp3) is 0.875. The number of ether oxygens (including phenoxy) is 2. The van der Waals surface area contributed by atoms with Crippen LogP contribution in [-0.4, -0.2) is 26.2 Å². The van der Waals surface area contributed by atoms with Gasteiger partial charge in [-0.3, -0.25) is 9.59 Å². The van der Waals surface area contributed by atoms with Crippen molar-refractivity contribution in [2.24, 2.45) is 5.41 Å². The lowest BCUT2D eigenvalue weighted by atomic mass is 9.87. The molecule has 0 amide bonds. The minimum absolute atomic E-state index is 0.116. The van der Waals surface area contributed by atoms with Crippen molar-refractivity contribution in [2.75, 3.05) is 14.2 Å². The van der Waals surface area contributed by atoms with Gasteiger partial charge in [-0.1, -0.05) is 38.5 Å². The van der Waals surface area contributed by atoms with Crippen LogP contribution in [0.15, 0.2) is 0 Å². The monoisotopic (exact) mass is 286 g/mol. The Labute approximate surface area is 123 Å². The van der Waals surface area contributed by atoms with E-state index in [2.05, 4.69) is 4.74 Å². The van der Waals surface area contributed by atoms with E-state index >= 15 is 0 Å². The third-order valence-corrected chi connectivity index (χ3v) is 3.65. The molecule has 0 atom stereocenters. The first-order valence-corrected chi connectivity index (χ1v) is 7.59. The van der Waals surface area contributed by atoms with E-state index in [1.807, 2.05) is 13.8 Å². The number of hydrogen-bond acceptors (Lipinski definition) is 4. The molecule has 4 nitrogen and oxygen atoms in total. The summed E-state index contributed by atoms with van der Waals surface area (Å²) in [4.78, 5) is 22.4. The Kier molecular flexibility index (Phi) is 10.1. The summed E-state index contributed by atoms with van der Waals surface area (Å²) in [6.07, 6.45) is 9.17. The Bertz CT molecular complexity index is 284. The molecule has 0 fully saturated rings. The van der Waals surface area contributed by atoms with Gasteiger partial charge in [0.05, 0.1) is 19.6 Å². The lowest BCUT2D eigenvalue weighted by Crippen LogP contribution is -2.25. The van der Waals surface area contributed by atoms with Crippen LogP contribution >= 0.6 is 0 Å². The Balaban J connectivity index is 3.41. The maximum Gasteiger partial charge on any atom is 0.311 e. The van der Waals surface area contributed by atoms with Crippen LogP contribution in [0.3, 0.4) is 0 Å². The van der Waals surface area contributed by atoms with Crippen molar-refractivity contribution in [3.05, 3.63) is 0 Å². The van der Waals surface area contributed by atoms with E-state index in [0.717, 1.165) is 38.5 Å². The van der Waals surface area contributed by atoms with Gasteiger partial charge in [-0.25, -0.2) is 0 Å². The first kappa shape index (κ1) is 18.9. The molecule has 4 heteroatoms. The Hall–Kier alpha value is -1.06. The van der Waals surface area contributed by atoms with Crippen LogP contribution in [0, 0.1) is 5.41 Å². The highest BCUT2D eigenvalue weighted by Gasteiger charge is 2.27. The average Bonchev–Trinajstić information content (AvgIpc) is 2.43. The SMILES string of the molecule is COC(=O)CCCCCCCCCC(C)(C)C(=O)OC. The summed E-state index contributed by atoms with van der Waals surface area (Å²) in [5, 5.41) is 0. The minimum atomic E-state index is -0.366. The van der Waals surface area contributed by atoms with Crippen molar-refractivity contribution in [1.82, 2.24) is 0 Å². The van der Waals surface area contributed by atoms with Gasteiger partial charge in [-0.15, -0.1) is 0 Å². The Morgan fingerprint density at radius 2 is 1.30 bits per heavy atom. The summed E-state index contributed by atoms with van der Waals surface area (Å²) in [6, 6.07) is 0. The molecule has 0 aliphatic heterocycles. The molecule has 0 aromatic heterocycles. The molecule has 0 heterocycles. The smallest absolute Gasteiger partial charge is 0.311 e. The first-order valence-electron chi connectivity index (χ1n) is 7.59. The maximum atomic E-state index is 11.5. The van der Waals surface area contributed by atoms with Crippen molar-refractivity contribution in [3.8, 4) is 0 Å². The molecular weight excluding hydrogens is 256 g/mol. The Morgan fingerprint density at radius 1 is 0.800 bits per heavy atom. The number of rotatable bonds is 11. The molecule has 118 valence electrons. The van der Waals surface area contributed by atoms with Gasteiger partial charge in [0.2, 0.25) is 0 Å². The quantitative estimate of drug-likeness (QED) is 0.427. The molecule has 20 heavy (non-hydrogen) atoms. The highest BCUT2D eigenvalue weighted by atomic mass is 16.5. The number of esters is 2. The van der Waals surface area contributed by atoms with Crippen molar-refractivity contribution < 1.29 is 19.1 Å². The molecule has 0 aliphatic carbocycles. The molecule has 0 aromatic carbocycles. The van der Waals surface area contributed by atoms with Crippen molar-refractivity contribution in [1.29, 1.82) is 0 Å². The van der Waals surface area contributed by atoms with Gasteiger partial charge < -0.3 is 9.47 Å². The number of methoxy groups -OCH3 is 2. The summed E-state index contributed by atoms with van der Waals surface area (Å²) in [6.45, 7) is 3.87. The lowest BCUT2D eigenvalue weighted by molar-refractivity contribution is -0.151. The van der Waals surface area contributed by atoms with E-state index in [9.17, 15) is 9.59 Å². The zero-order chi connectivity index (χ0) is 15.4. The predicted molar refractivity (Wildman–Crippen MR) is 79.4 cm³/mol. The third-order valence-electron chi connectivity index (χ3n) is 3.65. The lowest BCUT2D eigenvalue weighted by Gasteiger charge is -2.20. The zero-order valence-corrected chi connectivity index (χ0v) is 13.5. The average molecular weight is 286 g/mol. The fourth-order valence-electron chi connectivity index (χ4n) is 2.20. The second-order valence-corrected chi connectivity index (χ2v) is 5.93. The highest BCUT2D eigenvalue weighted by molar-refractivity contribution is 5.75. The predicted octanol–water partition coefficient (Wildman–Crippen LogP) is 3.87. The molecule has 0 rings (SSSR count). The summed E-state index contributed by atoms with van der Waals surface area (Å²) in [7, 11) is 2.87. The number of hydrogen-bond donors (Lipinski definition) is 0. The van der Waals surface area contributed by atoms with E-state index in [4.69, 9.17) is 4.74 Å². The van der Waals surface area contributed by atoms with E-state index in [1.165, 1.54) is 27.1 Å². The van der Waals surface area contributed by atoms with E-state index in [-0.39, 0.29) is 17.4 Å². The van der Waals surface area contributed by atoms with Crippen LogP contribution < -0.4 is 0 Å². The summed E-state index contributed by atoms with van der Waals surface area (Å²) < 4.78 is 9.38. The van der Waals surface area contributed by atoms with Crippen LogP contribution in [0.25, 0.3) is 0 Å². The van der Waals surface area contributed by atoms with Gasteiger partial charge in [0.25, 0.3) is 0 Å². The second-order valence-electron chi connectivity index (χ2n) is 5.93. The Morgan fingerprint density at radius 3 is 1.80 bits per heavy atom. The molecule has 0 radical (unpaired) electrons. The molecule has 0 spiro atoms. The summed E-state index contributed by atoms with van der Waals surface area (Å²) in [5.41, 5.74) is -0.366. The van der Waals surface area contributed by atoms with Crippen LogP contribution in [0.5, 0.6) is 0 Å². The molecule has 0 saturated carbocycles. The largest absolute Gasteiger partial charge is 0.469 e. The van der Waals surface area contributed by atoms with Crippen molar-refractivity contribution >= 4 is 11.9 Å².